The lowest BCUT2D eigenvalue weighted by Crippen LogP contribution is -2.46. The fourth-order valence-electron chi connectivity index (χ4n) is 3.41. The molecule has 0 aliphatic carbocycles. The Morgan fingerprint density at radius 2 is 1.78 bits per heavy atom. The first kappa shape index (κ1) is 14.0. The first-order valence-corrected chi connectivity index (χ1v) is 7.92. The van der Waals surface area contributed by atoms with E-state index in [2.05, 4.69) is 6.07 Å². The predicted molar refractivity (Wildman–Crippen MR) is 86.5 cm³/mol. The molecule has 2 aliphatic heterocycles. The van der Waals surface area contributed by atoms with Gasteiger partial charge in [-0.2, -0.15) is 0 Å². The van der Waals surface area contributed by atoms with Gasteiger partial charge in [0.05, 0.1) is 5.56 Å². The third-order valence-corrected chi connectivity index (χ3v) is 4.54. The summed E-state index contributed by atoms with van der Waals surface area (Å²) >= 11 is 0. The fourth-order valence-corrected chi connectivity index (χ4v) is 3.41. The standard InChI is InChI=1S/C19H17NO3/c21-18(20-11-5-8-13-6-2-4-10-16(13)20)17-12-14-7-1-3-9-15(14)19(22)23-17/h1-4,6-7,9-10,17H,5,8,11-12H2/t17-/m0/s1. The number of aryl methyl sites for hydroxylation is 1. The zero-order valence-electron chi connectivity index (χ0n) is 12.7. The van der Waals surface area contributed by atoms with Crippen LogP contribution in [0.5, 0.6) is 0 Å². The van der Waals surface area contributed by atoms with E-state index in [4.69, 9.17) is 4.74 Å². The highest BCUT2D eigenvalue weighted by Crippen LogP contribution is 2.29. The topological polar surface area (TPSA) is 46.6 Å². The van der Waals surface area contributed by atoms with Gasteiger partial charge in [-0.25, -0.2) is 4.79 Å². The molecular formula is C19H17NO3. The highest BCUT2D eigenvalue weighted by Gasteiger charge is 2.35. The summed E-state index contributed by atoms with van der Waals surface area (Å²) in [7, 11) is 0. The molecule has 116 valence electrons. The summed E-state index contributed by atoms with van der Waals surface area (Å²) < 4.78 is 5.41. The highest BCUT2D eigenvalue weighted by molar-refractivity contribution is 6.02. The van der Waals surface area contributed by atoms with Crippen LogP contribution < -0.4 is 4.90 Å². The Morgan fingerprint density at radius 3 is 2.65 bits per heavy atom. The van der Waals surface area contributed by atoms with Crippen LogP contribution >= 0.6 is 0 Å². The average molecular weight is 307 g/mol. The SMILES string of the molecule is O=C1O[C@H](C(=O)N2CCCc3ccccc32)Cc2ccccc21. The second kappa shape index (κ2) is 5.54. The lowest BCUT2D eigenvalue weighted by Gasteiger charge is -2.33. The number of hydrogen-bond donors (Lipinski definition) is 0. The minimum atomic E-state index is -0.733. The molecule has 2 aromatic carbocycles. The average Bonchev–Trinajstić information content (AvgIpc) is 2.60. The van der Waals surface area contributed by atoms with Crippen LogP contribution in [-0.2, 0) is 22.4 Å². The van der Waals surface area contributed by atoms with Gasteiger partial charge < -0.3 is 9.64 Å². The van der Waals surface area contributed by atoms with Crippen molar-refractivity contribution in [3.63, 3.8) is 0 Å². The number of carbonyl (C=O) groups excluding carboxylic acids is 2. The number of cyclic esters (lactones) is 1. The van der Waals surface area contributed by atoms with Gasteiger partial charge in [0.1, 0.15) is 0 Å². The molecule has 0 bridgehead atoms. The number of ether oxygens (including phenoxy) is 1. The second-order valence-electron chi connectivity index (χ2n) is 5.98. The van der Waals surface area contributed by atoms with Gasteiger partial charge in [0.15, 0.2) is 6.10 Å². The molecule has 0 saturated heterocycles. The number of para-hydroxylation sites is 1. The van der Waals surface area contributed by atoms with Crippen molar-refractivity contribution in [2.24, 2.45) is 0 Å². The molecule has 2 aromatic rings. The summed E-state index contributed by atoms with van der Waals surface area (Å²) in [5, 5.41) is 0. The molecule has 0 saturated carbocycles. The van der Waals surface area contributed by atoms with Crippen LogP contribution in [0, 0.1) is 0 Å². The van der Waals surface area contributed by atoms with E-state index in [-0.39, 0.29) is 5.91 Å². The van der Waals surface area contributed by atoms with Crippen LogP contribution in [0.15, 0.2) is 48.5 Å². The summed E-state index contributed by atoms with van der Waals surface area (Å²) in [5.74, 6) is -0.532. The maximum Gasteiger partial charge on any atom is 0.339 e. The number of nitrogens with zero attached hydrogens (tertiary/aromatic N) is 1. The van der Waals surface area contributed by atoms with Crippen LogP contribution in [0.3, 0.4) is 0 Å². The normalized spacial score (nSPS) is 19.6. The molecule has 2 heterocycles. The largest absolute Gasteiger partial charge is 0.448 e. The van der Waals surface area contributed by atoms with Crippen molar-refractivity contribution in [2.45, 2.75) is 25.4 Å². The maximum atomic E-state index is 12.9. The van der Waals surface area contributed by atoms with Crippen molar-refractivity contribution < 1.29 is 14.3 Å². The summed E-state index contributed by atoms with van der Waals surface area (Å²) in [4.78, 5) is 26.8. The van der Waals surface area contributed by atoms with E-state index in [0.29, 0.717) is 18.5 Å². The lowest BCUT2D eigenvalue weighted by atomic mass is 9.96. The Bertz CT molecular complexity index is 784. The van der Waals surface area contributed by atoms with Gasteiger partial charge in [-0.3, -0.25) is 4.79 Å². The van der Waals surface area contributed by atoms with Crippen molar-refractivity contribution in [3.8, 4) is 0 Å². The lowest BCUT2D eigenvalue weighted by molar-refractivity contribution is -0.127. The molecule has 0 radical (unpaired) electrons. The molecule has 0 unspecified atom stereocenters. The van der Waals surface area contributed by atoms with E-state index in [1.165, 1.54) is 5.56 Å². The Morgan fingerprint density at radius 1 is 1.04 bits per heavy atom. The van der Waals surface area contributed by atoms with Gasteiger partial charge in [0, 0.05) is 18.7 Å². The van der Waals surface area contributed by atoms with E-state index >= 15 is 0 Å². The summed E-state index contributed by atoms with van der Waals surface area (Å²) in [6.07, 6.45) is 1.62. The van der Waals surface area contributed by atoms with Crippen molar-refractivity contribution >= 4 is 17.6 Å². The minimum Gasteiger partial charge on any atom is -0.448 e. The van der Waals surface area contributed by atoms with E-state index in [9.17, 15) is 9.59 Å². The maximum absolute atomic E-state index is 12.9. The first-order chi connectivity index (χ1) is 11.2. The predicted octanol–water partition coefficient (Wildman–Crippen LogP) is 2.75. The van der Waals surface area contributed by atoms with Gasteiger partial charge in [0.25, 0.3) is 5.91 Å². The molecule has 4 heteroatoms. The Hall–Kier alpha value is -2.62. The van der Waals surface area contributed by atoms with E-state index in [0.717, 1.165) is 24.1 Å². The van der Waals surface area contributed by atoms with Crippen LogP contribution in [-0.4, -0.2) is 24.5 Å². The monoisotopic (exact) mass is 307 g/mol. The molecule has 4 nitrogen and oxygen atoms in total. The van der Waals surface area contributed by atoms with Crippen LogP contribution in [0.4, 0.5) is 5.69 Å². The van der Waals surface area contributed by atoms with Crippen molar-refractivity contribution in [1.82, 2.24) is 0 Å². The van der Waals surface area contributed by atoms with Crippen LogP contribution in [0.2, 0.25) is 0 Å². The molecular weight excluding hydrogens is 290 g/mol. The zero-order chi connectivity index (χ0) is 15.8. The molecule has 0 N–H and O–H groups in total. The molecule has 0 fully saturated rings. The highest BCUT2D eigenvalue weighted by atomic mass is 16.5. The van der Waals surface area contributed by atoms with E-state index in [1.807, 2.05) is 36.4 Å². The number of rotatable bonds is 1. The van der Waals surface area contributed by atoms with E-state index < -0.39 is 12.1 Å². The number of carbonyl (C=O) groups is 2. The number of amides is 1. The van der Waals surface area contributed by atoms with Crippen molar-refractivity contribution in [2.75, 3.05) is 11.4 Å². The molecule has 2 aliphatic rings. The fraction of sp³-hybridized carbons (Fsp3) is 0.263. The van der Waals surface area contributed by atoms with Gasteiger partial charge in [-0.05, 0) is 36.1 Å². The third-order valence-electron chi connectivity index (χ3n) is 4.54. The molecule has 23 heavy (non-hydrogen) atoms. The zero-order valence-corrected chi connectivity index (χ0v) is 12.7. The van der Waals surface area contributed by atoms with Crippen LogP contribution in [0.1, 0.15) is 27.9 Å². The Kier molecular flexibility index (Phi) is 3.37. The van der Waals surface area contributed by atoms with Crippen molar-refractivity contribution in [1.29, 1.82) is 0 Å². The van der Waals surface area contributed by atoms with Gasteiger partial charge in [0.2, 0.25) is 0 Å². The number of fused-ring (bicyclic) bond motifs is 2. The molecule has 1 amide bonds. The molecule has 0 spiro atoms. The van der Waals surface area contributed by atoms with Gasteiger partial charge >= 0.3 is 5.97 Å². The molecule has 1 atom stereocenters. The van der Waals surface area contributed by atoms with Crippen molar-refractivity contribution in [3.05, 3.63) is 65.2 Å². The van der Waals surface area contributed by atoms with E-state index in [1.54, 1.807) is 11.0 Å². The first-order valence-electron chi connectivity index (χ1n) is 7.92. The summed E-state index contributed by atoms with van der Waals surface area (Å²) in [6.45, 7) is 0.672. The quantitative estimate of drug-likeness (QED) is 0.761. The summed E-state index contributed by atoms with van der Waals surface area (Å²) in [6, 6.07) is 15.3. The third kappa shape index (κ3) is 2.40. The molecule has 0 aromatic heterocycles. The minimum absolute atomic E-state index is 0.125. The Balaban J connectivity index is 1.63. The smallest absolute Gasteiger partial charge is 0.339 e. The molecule has 4 rings (SSSR count). The number of anilines is 1. The van der Waals surface area contributed by atoms with Gasteiger partial charge in [-0.15, -0.1) is 0 Å². The Labute approximate surface area is 134 Å². The summed E-state index contributed by atoms with van der Waals surface area (Å²) in [5.41, 5.74) is 3.57. The number of hydrogen-bond acceptors (Lipinski definition) is 3. The van der Waals surface area contributed by atoms with Gasteiger partial charge in [-0.1, -0.05) is 36.4 Å². The number of esters is 1. The van der Waals surface area contributed by atoms with Crippen LogP contribution in [0.25, 0.3) is 0 Å². The number of benzene rings is 2. The second-order valence-corrected chi connectivity index (χ2v) is 5.98.